The average Bonchev–Trinajstić information content (AvgIpc) is 3.47. The summed E-state index contributed by atoms with van der Waals surface area (Å²) in [5.41, 5.74) is -4.72. The van der Waals surface area contributed by atoms with Crippen molar-refractivity contribution in [1.29, 1.82) is 0 Å². The van der Waals surface area contributed by atoms with Gasteiger partial charge in [0.15, 0.2) is 5.60 Å². The largest absolute Gasteiger partial charge is 0.406 e. The topological polar surface area (TPSA) is 81.6 Å². The summed E-state index contributed by atoms with van der Waals surface area (Å²) >= 11 is 0. The third-order valence-electron chi connectivity index (χ3n) is 5.15. The number of allylic oxidation sites excluding steroid dienone is 3. The highest BCUT2D eigenvalue weighted by molar-refractivity contribution is 5.42. The molecule has 0 spiro atoms. The number of pyridine rings is 1. The summed E-state index contributed by atoms with van der Waals surface area (Å²) in [5.74, 6) is -1.47. The molecule has 0 fully saturated rings. The van der Waals surface area contributed by atoms with Gasteiger partial charge < -0.3 is 9.67 Å². The van der Waals surface area contributed by atoms with Gasteiger partial charge >= 0.3 is 12.1 Å². The van der Waals surface area contributed by atoms with Crippen LogP contribution in [0, 0.1) is 11.8 Å². The van der Waals surface area contributed by atoms with Crippen LogP contribution in [-0.2, 0) is 19.0 Å². The van der Waals surface area contributed by atoms with Crippen molar-refractivity contribution in [2.24, 2.45) is 0 Å². The first-order valence-electron chi connectivity index (χ1n) is 10.4. The zero-order valence-electron chi connectivity index (χ0n) is 19.3. The second-order valence-corrected chi connectivity index (χ2v) is 8.02. The number of tetrazole rings is 1. The van der Waals surface area contributed by atoms with Gasteiger partial charge in [-0.05, 0) is 42.5 Å². The van der Waals surface area contributed by atoms with Gasteiger partial charge in [0.25, 0.3) is 0 Å². The molecule has 3 rings (SSSR count). The van der Waals surface area contributed by atoms with Gasteiger partial charge in [-0.1, -0.05) is 11.8 Å². The lowest BCUT2D eigenvalue weighted by Crippen LogP contribution is -2.51. The number of halogens is 7. The maximum Gasteiger partial charge on any atom is 0.406 e. The van der Waals surface area contributed by atoms with Crippen LogP contribution in [0.2, 0.25) is 0 Å². The summed E-state index contributed by atoms with van der Waals surface area (Å²) in [7, 11) is 0. The SMILES string of the molecule is C/C(=C(F)\C=C(/C)F)C(O)(Cn1cnnn1)C(F)(F)c1ccc(C#Cc2ccn(CC(F)(F)F)c2)cn1. The number of hydrogen-bond donors (Lipinski definition) is 1. The molecule has 1 N–H and O–H groups in total. The third kappa shape index (κ3) is 6.62. The Labute approximate surface area is 205 Å². The van der Waals surface area contributed by atoms with Gasteiger partial charge in [-0.15, -0.1) is 5.10 Å². The van der Waals surface area contributed by atoms with E-state index in [0.29, 0.717) is 6.08 Å². The first-order valence-corrected chi connectivity index (χ1v) is 10.4. The summed E-state index contributed by atoms with van der Waals surface area (Å²) in [6.45, 7) is -0.415. The second kappa shape index (κ2) is 10.6. The first kappa shape index (κ1) is 27.6. The summed E-state index contributed by atoms with van der Waals surface area (Å²) in [5, 5.41) is 21.1. The van der Waals surface area contributed by atoms with Gasteiger partial charge in [-0.2, -0.15) is 22.0 Å². The van der Waals surface area contributed by atoms with E-state index in [2.05, 4.69) is 32.4 Å². The molecule has 0 amide bonds. The quantitative estimate of drug-likeness (QED) is 0.278. The molecule has 7 nitrogen and oxygen atoms in total. The summed E-state index contributed by atoms with van der Waals surface area (Å²) < 4.78 is 98.1. The number of hydrogen-bond acceptors (Lipinski definition) is 5. The Balaban J connectivity index is 1.92. The number of aromatic nitrogens is 6. The van der Waals surface area contributed by atoms with Gasteiger partial charge in [0.05, 0.1) is 12.4 Å². The lowest BCUT2D eigenvalue weighted by Gasteiger charge is -2.36. The van der Waals surface area contributed by atoms with Crippen molar-refractivity contribution < 1.29 is 35.8 Å². The summed E-state index contributed by atoms with van der Waals surface area (Å²) in [6.07, 6.45) is 0.201. The molecule has 0 aromatic carbocycles. The Morgan fingerprint density at radius 2 is 1.73 bits per heavy atom. The molecule has 14 heteroatoms. The molecule has 0 aliphatic rings. The van der Waals surface area contributed by atoms with Crippen LogP contribution in [0.3, 0.4) is 0 Å². The zero-order chi connectivity index (χ0) is 27.4. The minimum absolute atomic E-state index is 0.140. The Morgan fingerprint density at radius 1 is 1.03 bits per heavy atom. The van der Waals surface area contributed by atoms with Crippen LogP contribution >= 0.6 is 0 Å². The van der Waals surface area contributed by atoms with Crippen LogP contribution in [0.1, 0.15) is 30.7 Å². The Hall–Kier alpha value is -3.99. The molecule has 3 heterocycles. The highest BCUT2D eigenvalue weighted by Gasteiger charge is 2.57. The molecular weight excluding hydrogens is 509 g/mol. The Morgan fingerprint density at radius 3 is 2.30 bits per heavy atom. The summed E-state index contributed by atoms with van der Waals surface area (Å²) in [6, 6.07) is 3.35. The van der Waals surface area contributed by atoms with Gasteiger partial charge in [0.1, 0.15) is 24.4 Å². The maximum absolute atomic E-state index is 15.6. The standard InChI is InChI=1S/C23H19F7N6O/c1-15(24)9-19(25)16(2)21(37,12-36-14-32-33-34-36)23(29,30)20-6-5-17(10-31-20)3-4-18-7-8-35(11-18)13-22(26,27)28/h5-11,14,37H,12-13H2,1-2H3/b15-9+,19-16-. The van der Waals surface area contributed by atoms with E-state index in [1.165, 1.54) is 18.5 Å². The molecule has 1 unspecified atom stereocenters. The molecule has 1 atom stereocenters. The van der Waals surface area contributed by atoms with E-state index < -0.39 is 53.7 Å². The molecule has 0 radical (unpaired) electrons. The van der Waals surface area contributed by atoms with E-state index in [1.807, 2.05) is 0 Å². The van der Waals surface area contributed by atoms with Crippen molar-refractivity contribution in [3.8, 4) is 11.8 Å². The molecule has 0 aliphatic carbocycles. The Bertz CT molecular complexity index is 1340. The first-order chi connectivity index (χ1) is 17.2. The van der Waals surface area contributed by atoms with E-state index in [0.717, 1.165) is 47.8 Å². The van der Waals surface area contributed by atoms with Crippen LogP contribution in [0.4, 0.5) is 30.7 Å². The molecular formula is C23H19F7N6O. The normalized spacial score (nSPS) is 15.0. The molecule has 0 bridgehead atoms. The minimum Gasteiger partial charge on any atom is -0.377 e. The highest BCUT2D eigenvalue weighted by Crippen LogP contribution is 2.44. The molecule has 37 heavy (non-hydrogen) atoms. The van der Waals surface area contributed by atoms with Crippen LogP contribution < -0.4 is 0 Å². The maximum atomic E-state index is 15.6. The summed E-state index contributed by atoms with van der Waals surface area (Å²) in [4.78, 5) is 3.65. The molecule has 196 valence electrons. The van der Waals surface area contributed by atoms with Crippen LogP contribution in [0.5, 0.6) is 0 Å². The molecule has 3 aromatic heterocycles. The van der Waals surface area contributed by atoms with E-state index in [4.69, 9.17) is 0 Å². The second-order valence-electron chi connectivity index (χ2n) is 8.02. The van der Waals surface area contributed by atoms with Crippen molar-refractivity contribution in [2.45, 2.75) is 44.6 Å². The fourth-order valence-corrected chi connectivity index (χ4v) is 3.25. The monoisotopic (exact) mass is 528 g/mol. The predicted octanol–water partition coefficient (Wildman–Crippen LogP) is 4.47. The number of alkyl halides is 5. The van der Waals surface area contributed by atoms with Gasteiger partial charge in [0, 0.05) is 41.4 Å². The van der Waals surface area contributed by atoms with Crippen LogP contribution in [-0.4, -0.2) is 46.6 Å². The van der Waals surface area contributed by atoms with Gasteiger partial charge in [0.2, 0.25) is 0 Å². The van der Waals surface area contributed by atoms with Crippen LogP contribution in [0.15, 0.2) is 66.4 Å². The number of nitrogens with zero attached hydrogens (tertiary/aromatic N) is 6. The van der Waals surface area contributed by atoms with Crippen molar-refractivity contribution in [2.75, 3.05) is 0 Å². The van der Waals surface area contributed by atoms with Crippen molar-refractivity contribution in [3.05, 3.63) is 83.2 Å². The van der Waals surface area contributed by atoms with E-state index >= 15 is 8.78 Å². The van der Waals surface area contributed by atoms with Crippen LogP contribution in [0.25, 0.3) is 0 Å². The van der Waals surface area contributed by atoms with Crippen molar-refractivity contribution in [3.63, 3.8) is 0 Å². The van der Waals surface area contributed by atoms with Crippen molar-refractivity contribution in [1.82, 2.24) is 29.8 Å². The average molecular weight is 528 g/mol. The van der Waals surface area contributed by atoms with E-state index in [-0.39, 0.29) is 11.1 Å². The Kier molecular flexibility index (Phi) is 7.87. The minimum atomic E-state index is -4.40. The van der Waals surface area contributed by atoms with Gasteiger partial charge in [-0.3, -0.25) is 4.98 Å². The highest BCUT2D eigenvalue weighted by atomic mass is 19.4. The van der Waals surface area contributed by atoms with Crippen molar-refractivity contribution >= 4 is 0 Å². The lowest BCUT2D eigenvalue weighted by atomic mass is 9.84. The zero-order valence-corrected chi connectivity index (χ0v) is 19.3. The molecule has 0 aliphatic heterocycles. The lowest BCUT2D eigenvalue weighted by molar-refractivity contribution is -0.179. The van der Waals surface area contributed by atoms with E-state index in [9.17, 15) is 27.1 Å². The molecule has 0 saturated heterocycles. The predicted molar refractivity (Wildman–Crippen MR) is 116 cm³/mol. The fraction of sp³-hybridized carbons (Fsp3) is 0.304. The van der Waals surface area contributed by atoms with Gasteiger partial charge in [-0.25, -0.2) is 13.5 Å². The van der Waals surface area contributed by atoms with E-state index in [1.54, 1.807) is 0 Å². The molecule has 0 saturated carbocycles. The number of aliphatic hydroxyl groups is 1. The fourth-order valence-electron chi connectivity index (χ4n) is 3.25. The molecule has 3 aromatic rings. The smallest absolute Gasteiger partial charge is 0.377 e. The third-order valence-corrected chi connectivity index (χ3v) is 5.15. The number of rotatable bonds is 7.